The first kappa shape index (κ1) is 21.3. The minimum Gasteiger partial charge on any atom is -0.338 e. The van der Waals surface area contributed by atoms with Gasteiger partial charge in [-0.1, -0.05) is 35.3 Å². The minimum absolute atomic E-state index is 0.00293. The van der Waals surface area contributed by atoms with Crippen molar-refractivity contribution >= 4 is 39.1 Å². The number of halogens is 2. The van der Waals surface area contributed by atoms with E-state index in [0.29, 0.717) is 0 Å². The standard InChI is InChI=1S/C17H15Cl2N5O4S/c18-13-10-21-24(17(26)16(13)19)11-15(25)22-5-7-23(8-6-22)29(27,28)14-4-2-1-3-12(14)9-20/h1-4,10H,5-8,11H2. The van der Waals surface area contributed by atoms with Gasteiger partial charge in [0.1, 0.15) is 17.6 Å². The lowest BCUT2D eigenvalue weighted by Crippen LogP contribution is -2.51. The molecule has 0 bridgehead atoms. The molecule has 1 fully saturated rings. The molecule has 1 amide bonds. The van der Waals surface area contributed by atoms with Gasteiger partial charge in [0.15, 0.2) is 0 Å². The molecule has 9 nitrogen and oxygen atoms in total. The maximum Gasteiger partial charge on any atom is 0.287 e. The highest BCUT2D eigenvalue weighted by atomic mass is 35.5. The molecule has 29 heavy (non-hydrogen) atoms. The Morgan fingerprint density at radius 2 is 1.83 bits per heavy atom. The van der Waals surface area contributed by atoms with Crippen molar-refractivity contribution in [3.05, 3.63) is 56.4 Å². The van der Waals surface area contributed by atoms with Gasteiger partial charge in [0.25, 0.3) is 5.56 Å². The first-order valence-electron chi connectivity index (χ1n) is 8.44. The molecular weight excluding hydrogens is 441 g/mol. The van der Waals surface area contributed by atoms with E-state index in [-0.39, 0.29) is 53.2 Å². The second-order valence-electron chi connectivity index (χ2n) is 6.16. The largest absolute Gasteiger partial charge is 0.338 e. The number of aromatic nitrogens is 2. The summed E-state index contributed by atoms with van der Waals surface area (Å²) in [5, 5.41) is 12.7. The fraction of sp³-hybridized carbons (Fsp3) is 0.294. The van der Waals surface area contributed by atoms with Gasteiger partial charge in [0.2, 0.25) is 15.9 Å². The van der Waals surface area contributed by atoms with Crippen LogP contribution in [0, 0.1) is 11.3 Å². The molecule has 2 heterocycles. The number of nitriles is 1. The van der Waals surface area contributed by atoms with E-state index in [2.05, 4.69) is 5.10 Å². The van der Waals surface area contributed by atoms with Crippen molar-refractivity contribution in [2.75, 3.05) is 26.2 Å². The first-order chi connectivity index (χ1) is 13.8. The molecule has 1 aromatic heterocycles. The van der Waals surface area contributed by atoms with Gasteiger partial charge in [-0.25, -0.2) is 13.1 Å². The number of nitrogens with zero attached hydrogens (tertiary/aromatic N) is 5. The average molecular weight is 456 g/mol. The molecular formula is C17H15Cl2N5O4S. The van der Waals surface area contributed by atoms with E-state index in [4.69, 9.17) is 28.5 Å². The lowest BCUT2D eigenvalue weighted by molar-refractivity contribution is -0.133. The van der Waals surface area contributed by atoms with E-state index in [1.165, 1.54) is 27.5 Å². The third-order valence-electron chi connectivity index (χ3n) is 4.44. The summed E-state index contributed by atoms with van der Waals surface area (Å²) in [6.45, 7) is 0.0839. The first-order valence-corrected chi connectivity index (χ1v) is 10.6. The average Bonchev–Trinajstić information content (AvgIpc) is 2.74. The Hall–Kier alpha value is -2.45. The van der Waals surface area contributed by atoms with Gasteiger partial charge >= 0.3 is 0 Å². The maximum absolute atomic E-state index is 12.8. The third-order valence-corrected chi connectivity index (χ3v) is 7.15. The van der Waals surface area contributed by atoms with Crippen LogP contribution in [-0.4, -0.2) is 59.5 Å². The summed E-state index contributed by atoms with van der Waals surface area (Å²) in [7, 11) is -3.86. The van der Waals surface area contributed by atoms with E-state index in [0.717, 1.165) is 4.68 Å². The van der Waals surface area contributed by atoms with Crippen LogP contribution in [-0.2, 0) is 21.4 Å². The molecule has 1 aliphatic heterocycles. The van der Waals surface area contributed by atoms with Crippen molar-refractivity contribution in [1.82, 2.24) is 19.0 Å². The molecule has 0 unspecified atom stereocenters. The van der Waals surface area contributed by atoms with Crippen LogP contribution in [0.5, 0.6) is 0 Å². The van der Waals surface area contributed by atoms with E-state index >= 15 is 0 Å². The van der Waals surface area contributed by atoms with Crippen molar-refractivity contribution in [1.29, 1.82) is 5.26 Å². The second kappa shape index (κ2) is 8.51. The van der Waals surface area contributed by atoms with E-state index in [1.807, 2.05) is 6.07 Å². The topological polar surface area (TPSA) is 116 Å². The Balaban J connectivity index is 1.69. The highest BCUT2D eigenvalue weighted by Gasteiger charge is 2.31. The SMILES string of the molecule is N#Cc1ccccc1S(=O)(=O)N1CCN(C(=O)Cn2ncc(Cl)c(Cl)c2=O)CC1. The molecule has 0 saturated carbocycles. The Labute approximate surface area is 176 Å². The third kappa shape index (κ3) is 4.28. The van der Waals surface area contributed by atoms with Crippen LogP contribution in [0.25, 0.3) is 0 Å². The highest BCUT2D eigenvalue weighted by molar-refractivity contribution is 7.89. The molecule has 0 radical (unpaired) electrons. The highest BCUT2D eigenvalue weighted by Crippen LogP contribution is 2.21. The smallest absolute Gasteiger partial charge is 0.287 e. The van der Waals surface area contributed by atoms with Crippen molar-refractivity contribution in [2.24, 2.45) is 0 Å². The number of amides is 1. The summed E-state index contributed by atoms with van der Waals surface area (Å²) in [6, 6.07) is 7.84. The fourth-order valence-corrected chi connectivity index (χ4v) is 4.72. The lowest BCUT2D eigenvalue weighted by atomic mass is 10.2. The van der Waals surface area contributed by atoms with Gasteiger partial charge in [-0.15, -0.1) is 0 Å². The number of rotatable bonds is 4. The van der Waals surface area contributed by atoms with Crippen LogP contribution >= 0.6 is 23.2 Å². The molecule has 1 aromatic carbocycles. The van der Waals surface area contributed by atoms with Crippen molar-refractivity contribution in [3.63, 3.8) is 0 Å². The number of sulfonamides is 1. The van der Waals surface area contributed by atoms with Gasteiger partial charge in [-0.2, -0.15) is 14.7 Å². The number of carbonyl (C=O) groups is 1. The Morgan fingerprint density at radius 1 is 1.17 bits per heavy atom. The van der Waals surface area contributed by atoms with Gasteiger partial charge in [-0.3, -0.25) is 9.59 Å². The summed E-state index contributed by atoms with van der Waals surface area (Å²) < 4.78 is 27.8. The van der Waals surface area contributed by atoms with Crippen LogP contribution in [0.4, 0.5) is 0 Å². The van der Waals surface area contributed by atoms with E-state index in [9.17, 15) is 18.0 Å². The predicted molar refractivity (Wildman–Crippen MR) is 105 cm³/mol. The monoisotopic (exact) mass is 455 g/mol. The quantitative estimate of drug-likeness (QED) is 0.677. The molecule has 1 aliphatic rings. The van der Waals surface area contributed by atoms with Crippen molar-refractivity contribution in [2.45, 2.75) is 11.4 Å². The van der Waals surface area contributed by atoms with Crippen molar-refractivity contribution < 1.29 is 13.2 Å². The van der Waals surface area contributed by atoms with Gasteiger partial charge < -0.3 is 4.90 Å². The van der Waals surface area contributed by atoms with Gasteiger partial charge in [0.05, 0.1) is 21.7 Å². The van der Waals surface area contributed by atoms with E-state index in [1.54, 1.807) is 12.1 Å². The number of hydrogen-bond acceptors (Lipinski definition) is 6. The zero-order valence-corrected chi connectivity index (χ0v) is 17.3. The van der Waals surface area contributed by atoms with Crippen molar-refractivity contribution in [3.8, 4) is 6.07 Å². The van der Waals surface area contributed by atoms with Crippen LogP contribution in [0.1, 0.15) is 5.56 Å². The van der Waals surface area contributed by atoms with Crippen LogP contribution in [0.2, 0.25) is 10.0 Å². The number of piperazine rings is 1. The second-order valence-corrected chi connectivity index (χ2v) is 8.85. The predicted octanol–water partition coefficient (Wildman–Crippen LogP) is 0.955. The van der Waals surface area contributed by atoms with Crippen LogP contribution < -0.4 is 5.56 Å². The van der Waals surface area contributed by atoms with Crippen LogP contribution in [0.15, 0.2) is 40.2 Å². The molecule has 0 aliphatic carbocycles. The number of hydrogen-bond donors (Lipinski definition) is 0. The molecule has 0 atom stereocenters. The van der Waals surface area contributed by atoms with Gasteiger partial charge in [0, 0.05) is 26.2 Å². The summed E-state index contributed by atoms with van der Waals surface area (Å²) in [6.07, 6.45) is 1.18. The molecule has 2 aromatic rings. The Kier molecular flexibility index (Phi) is 6.24. The molecule has 12 heteroatoms. The summed E-state index contributed by atoms with van der Waals surface area (Å²) >= 11 is 11.5. The molecule has 3 rings (SSSR count). The zero-order valence-electron chi connectivity index (χ0n) is 15.0. The molecule has 1 saturated heterocycles. The van der Waals surface area contributed by atoms with E-state index < -0.39 is 21.5 Å². The summed E-state index contributed by atoms with van der Waals surface area (Å²) in [4.78, 5) is 25.9. The molecule has 0 N–H and O–H groups in total. The minimum atomic E-state index is -3.86. The maximum atomic E-state index is 12.8. The Morgan fingerprint density at radius 3 is 2.48 bits per heavy atom. The molecule has 152 valence electrons. The molecule has 0 spiro atoms. The van der Waals surface area contributed by atoms with Gasteiger partial charge in [-0.05, 0) is 12.1 Å². The summed E-state index contributed by atoms with van der Waals surface area (Å²) in [5.74, 6) is -0.396. The number of carbonyl (C=O) groups excluding carboxylic acids is 1. The fourth-order valence-electron chi connectivity index (χ4n) is 2.89. The Bertz CT molecular complexity index is 1150. The zero-order chi connectivity index (χ0) is 21.2. The number of benzene rings is 1. The lowest BCUT2D eigenvalue weighted by Gasteiger charge is -2.34. The normalized spacial score (nSPS) is 15.1. The summed E-state index contributed by atoms with van der Waals surface area (Å²) in [5.41, 5.74) is -0.613. The van der Waals surface area contributed by atoms with Crippen LogP contribution in [0.3, 0.4) is 0 Å².